The van der Waals surface area contributed by atoms with Crippen molar-refractivity contribution in [3.05, 3.63) is 231 Å². The van der Waals surface area contributed by atoms with Gasteiger partial charge in [0, 0.05) is 116 Å². The van der Waals surface area contributed by atoms with Gasteiger partial charge in [-0.2, -0.15) is 0 Å². The van der Waals surface area contributed by atoms with Gasteiger partial charge in [0.25, 0.3) is 0 Å². The number of hydrogen-bond acceptors (Lipinski definition) is 6. The number of thiophene rings is 1. The van der Waals surface area contributed by atoms with E-state index in [2.05, 4.69) is 240 Å². The normalized spacial score (nSPS) is 12.2. The van der Waals surface area contributed by atoms with E-state index < -0.39 is 0 Å². The molecule has 4 aromatic heterocycles. The second-order valence-electron chi connectivity index (χ2n) is 18.8. The second kappa shape index (κ2) is 15.1. The SMILES string of the molecule is c1ccc(N(c2ccc3c(c2)oc2cc4ccccc4cc23)c2ccc3c(c2)oc2c3ccc3c2ccc2c4ccc(N(c5ccccc5)c5ccc6c(c5)oc5cc7ccccc7cc56)cc4sc23)cc1. The highest BCUT2D eigenvalue weighted by molar-refractivity contribution is 7.26. The van der Waals surface area contributed by atoms with Gasteiger partial charge in [-0.3, -0.25) is 0 Å². The summed E-state index contributed by atoms with van der Waals surface area (Å²) in [5.41, 5.74) is 11.5. The van der Waals surface area contributed by atoms with Crippen molar-refractivity contribution in [2.24, 2.45) is 0 Å². The van der Waals surface area contributed by atoms with Crippen LogP contribution in [0.4, 0.5) is 34.1 Å². The summed E-state index contributed by atoms with van der Waals surface area (Å²) < 4.78 is 22.6. The van der Waals surface area contributed by atoms with Gasteiger partial charge < -0.3 is 23.1 Å². The molecule has 0 unspecified atom stereocenters. The first kappa shape index (κ1) is 39.5. The van der Waals surface area contributed by atoms with E-state index in [1.807, 2.05) is 11.3 Å². The summed E-state index contributed by atoms with van der Waals surface area (Å²) in [6, 6.07) is 82.4. The van der Waals surface area contributed by atoms with Crippen molar-refractivity contribution in [2.75, 3.05) is 9.80 Å². The molecule has 0 N–H and O–H groups in total. The van der Waals surface area contributed by atoms with Crippen LogP contribution in [0.15, 0.2) is 244 Å². The quantitative estimate of drug-likeness (QED) is 0.166. The summed E-state index contributed by atoms with van der Waals surface area (Å²) in [6.07, 6.45) is 0. The number of nitrogens with zero attached hydrogens (tertiary/aromatic N) is 2. The molecule has 0 aliphatic rings. The van der Waals surface area contributed by atoms with Crippen LogP contribution < -0.4 is 9.80 Å². The molecule has 72 heavy (non-hydrogen) atoms. The minimum Gasteiger partial charge on any atom is -0.456 e. The number of fused-ring (bicyclic) bond motifs is 17. The molecule has 0 atom stereocenters. The van der Waals surface area contributed by atoms with E-state index in [1.165, 1.54) is 47.1 Å². The topological polar surface area (TPSA) is 45.9 Å². The maximum Gasteiger partial charge on any atom is 0.143 e. The van der Waals surface area contributed by atoms with Gasteiger partial charge in [0.15, 0.2) is 0 Å². The molecule has 4 heterocycles. The van der Waals surface area contributed by atoms with Crippen molar-refractivity contribution in [3.8, 4) is 0 Å². The predicted molar refractivity (Wildman–Crippen MR) is 303 cm³/mol. The Labute approximate surface area is 415 Å². The van der Waals surface area contributed by atoms with E-state index in [0.29, 0.717) is 0 Å². The van der Waals surface area contributed by atoms with E-state index in [0.717, 1.165) is 105 Å². The summed E-state index contributed by atoms with van der Waals surface area (Å²) in [6.45, 7) is 0. The third kappa shape index (κ3) is 5.93. The average molecular weight is 939 g/mol. The number of anilines is 6. The smallest absolute Gasteiger partial charge is 0.143 e. The molecule has 0 radical (unpaired) electrons. The largest absolute Gasteiger partial charge is 0.456 e. The fraction of sp³-hybridized carbons (Fsp3) is 0. The van der Waals surface area contributed by atoms with Crippen LogP contribution in [-0.4, -0.2) is 0 Å². The Bertz CT molecular complexity index is 4580. The first-order valence-electron chi connectivity index (χ1n) is 24.3. The molecular formula is C66H38N2O3S. The van der Waals surface area contributed by atoms with Crippen LogP contribution in [0.1, 0.15) is 0 Å². The van der Waals surface area contributed by atoms with E-state index in [9.17, 15) is 0 Å². The van der Waals surface area contributed by atoms with Crippen molar-refractivity contribution in [3.63, 3.8) is 0 Å². The van der Waals surface area contributed by atoms with Crippen molar-refractivity contribution < 1.29 is 13.3 Å². The second-order valence-corrected chi connectivity index (χ2v) is 19.9. The lowest BCUT2D eigenvalue weighted by Gasteiger charge is -2.25. The van der Waals surface area contributed by atoms with E-state index >= 15 is 0 Å². The Morgan fingerprint density at radius 1 is 0.250 bits per heavy atom. The van der Waals surface area contributed by atoms with Gasteiger partial charge in [0.05, 0.1) is 0 Å². The van der Waals surface area contributed by atoms with Gasteiger partial charge >= 0.3 is 0 Å². The Hall–Kier alpha value is -9.36. The molecule has 6 heteroatoms. The zero-order valence-corrected chi connectivity index (χ0v) is 39.3. The molecule has 16 aromatic rings. The molecule has 0 aliphatic carbocycles. The summed E-state index contributed by atoms with van der Waals surface area (Å²) >= 11 is 1.84. The van der Waals surface area contributed by atoms with E-state index in [-0.39, 0.29) is 0 Å². The summed E-state index contributed by atoms with van der Waals surface area (Å²) in [7, 11) is 0. The summed E-state index contributed by atoms with van der Waals surface area (Å²) in [4.78, 5) is 4.61. The zero-order chi connectivity index (χ0) is 47.0. The third-order valence-corrected chi connectivity index (χ3v) is 15.9. The molecule has 0 bridgehead atoms. The molecule has 5 nitrogen and oxygen atoms in total. The van der Waals surface area contributed by atoms with Crippen molar-refractivity contribution in [2.45, 2.75) is 0 Å². The maximum atomic E-state index is 6.96. The Balaban J connectivity index is 0.797. The number of furan rings is 3. The molecular weight excluding hydrogens is 901 g/mol. The lowest BCUT2D eigenvalue weighted by atomic mass is 10.0. The van der Waals surface area contributed by atoms with E-state index in [4.69, 9.17) is 13.3 Å². The number of para-hydroxylation sites is 2. The number of rotatable bonds is 6. The Kier molecular flexibility index (Phi) is 8.26. The molecule has 0 saturated carbocycles. The molecule has 0 amide bonds. The van der Waals surface area contributed by atoms with Crippen molar-refractivity contribution >= 4 is 164 Å². The first-order valence-corrected chi connectivity index (χ1v) is 25.1. The third-order valence-electron chi connectivity index (χ3n) is 14.7. The lowest BCUT2D eigenvalue weighted by molar-refractivity contribution is 0.669. The highest BCUT2D eigenvalue weighted by atomic mass is 32.1. The van der Waals surface area contributed by atoms with Crippen molar-refractivity contribution in [1.82, 2.24) is 0 Å². The monoisotopic (exact) mass is 938 g/mol. The molecule has 12 aromatic carbocycles. The predicted octanol–water partition coefficient (Wildman–Crippen LogP) is 20.2. The number of benzene rings is 12. The van der Waals surface area contributed by atoms with Gasteiger partial charge in [-0.1, -0.05) is 103 Å². The maximum absolute atomic E-state index is 6.96. The molecule has 0 spiro atoms. The van der Waals surface area contributed by atoms with Crippen molar-refractivity contribution in [1.29, 1.82) is 0 Å². The van der Waals surface area contributed by atoms with Crippen LogP contribution >= 0.6 is 11.3 Å². The summed E-state index contributed by atoms with van der Waals surface area (Å²) in [5, 5.41) is 16.1. The van der Waals surface area contributed by atoms with Crippen LogP contribution in [0.2, 0.25) is 0 Å². The molecule has 16 rings (SSSR count). The lowest BCUT2D eigenvalue weighted by Crippen LogP contribution is -2.09. The zero-order valence-electron chi connectivity index (χ0n) is 38.5. The molecule has 0 aliphatic heterocycles. The van der Waals surface area contributed by atoms with Crippen LogP contribution in [0.25, 0.3) is 118 Å². The van der Waals surface area contributed by atoms with E-state index in [1.54, 1.807) is 0 Å². The van der Waals surface area contributed by atoms with Crippen LogP contribution in [0, 0.1) is 0 Å². The Morgan fingerprint density at radius 2 is 0.611 bits per heavy atom. The summed E-state index contributed by atoms with van der Waals surface area (Å²) in [5.74, 6) is 0. The molecule has 0 fully saturated rings. The first-order chi connectivity index (χ1) is 35.6. The van der Waals surface area contributed by atoms with Gasteiger partial charge in [-0.25, -0.2) is 0 Å². The average Bonchev–Trinajstić information content (AvgIpc) is 4.19. The molecule has 336 valence electrons. The minimum absolute atomic E-state index is 0.837. The fourth-order valence-electron chi connectivity index (χ4n) is 11.4. The fourth-order valence-corrected chi connectivity index (χ4v) is 12.6. The Morgan fingerprint density at radius 3 is 1.12 bits per heavy atom. The van der Waals surface area contributed by atoms with Gasteiger partial charge in [0.1, 0.15) is 33.5 Å². The van der Waals surface area contributed by atoms with Gasteiger partial charge in [0.2, 0.25) is 0 Å². The van der Waals surface area contributed by atoms with Crippen LogP contribution in [0.5, 0.6) is 0 Å². The van der Waals surface area contributed by atoms with Crippen LogP contribution in [-0.2, 0) is 0 Å². The minimum atomic E-state index is 0.837. The standard InChI is InChI=1S/C66H38N2O3S/c1-3-15-43(16-4-1)67(45-20-24-50-57-31-39-11-7-9-13-41(39)33-59(57)69-61(50)35-45)47-19-23-49-53-27-30-56-54(65(53)71-63(49)37-47)28-29-55-52-26-22-48(38-64(52)72-66(55)56)68(44-17-5-2-6-18-44)46-21-25-51-58-32-40-12-8-10-14-42(40)34-60(58)70-62(51)36-46/h1-38H. The van der Waals surface area contributed by atoms with Crippen LogP contribution in [0.3, 0.4) is 0 Å². The highest BCUT2D eigenvalue weighted by Crippen LogP contribution is 2.47. The van der Waals surface area contributed by atoms with Gasteiger partial charge in [-0.15, -0.1) is 11.3 Å². The molecule has 0 saturated heterocycles. The number of hydrogen-bond donors (Lipinski definition) is 0. The van der Waals surface area contributed by atoms with Gasteiger partial charge in [-0.05, 0) is 131 Å². The highest BCUT2D eigenvalue weighted by Gasteiger charge is 2.21.